The highest BCUT2D eigenvalue weighted by Gasteiger charge is 2.26. The molecule has 138 valence electrons. The van der Waals surface area contributed by atoms with Crippen molar-refractivity contribution in [3.8, 4) is 0 Å². The van der Waals surface area contributed by atoms with Crippen LogP contribution in [0.15, 0.2) is 55.2 Å². The molecule has 2 aromatic heterocycles. The molecule has 0 aliphatic heterocycles. The third kappa shape index (κ3) is 3.25. The summed E-state index contributed by atoms with van der Waals surface area (Å²) in [6.45, 7) is 2.33. The van der Waals surface area contributed by atoms with Crippen LogP contribution >= 0.6 is 0 Å². The Hall–Kier alpha value is -3.29. The van der Waals surface area contributed by atoms with E-state index in [1.807, 2.05) is 23.7 Å². The first-order valence-electron chi connectivity index (χ1n) is 8.53. The monoisotopic (exact) mass is 368 g/mol. The SMILES string of the molecule is C[C@H]([C@@H](Cn1cncn1)c1ccc(F)cc1F)n1ncc2cc(N)ccc21. The largest absolute Gasteiger partial charge is 0.399 e. The van der Waals surface area contributed by atoms with Crippen LogP contribution < -0.4 is 5.73 Å². The van der Waals surface area contributed by atoms with E-state index in [1.165, 1.54) is 18.5 Å². The van der Waals surface area contributed by atoms with Crippen LogP contribution in [0.2, 0.25) is 0 Å². The van der Waals surface area contributed by atoms with Crippen molar-refractivity contribution in [2.24, 2.45) is 0 Å². The zero-order chi connectivity index (χ0) is 19.0. The molecule has 2 atom stereocenters. The van der Waals surface area contributed by atoms with Gasteiger partial charge in [0.05, 0.1) is 24.3 Å². The molecule has 0 saturated carbocycles. The third-order valence-electron chi connectivity index (χ3n) is 4.80. The van der Waals surface area contributed by atoms with Crippen molar-refractivity contribution < 1.29 is 8.78 Å². The average Bonchev–Trinajstić information content (AvgIpc) is 3.29. The average molecular weight is 368 g/mol. The van der Waals surface area contributed by atoms with Crippen LogP contribution in [-0.2, 0) is 6.54 Å². The van der Waals surface area contributed by atoms with Gasteiger partial charge in [-0.25, -0.2) is 13.8 Å². The highest BCUT2D eigenvalue weighted by Crippen LogP contribution is 2.34. The minimum absolute atomic E-state index is 0.227. The van der Waals surface area contributed by atoms with Gasteiger partial charge in [-0.05, 0) is 36.8 Å². The zero-order valence-corrected chi connectivity index (χ0v) is 14.6. The fraction of sp³-hybridized carbons (Fsp3) is 0.211. The van der Waals surface area contributed by atoms with E-state index < -0.39 is 11.6 Å². The maximum Gasteiger partial charge on any atom is 0.137 e. The summed E-state index contributed by atoms with van der Waals surface area (Å²) >= 11 is 0. The van der Waals surface area contributed by atoms with Crippen molar-refractivity contribution in [2.75, 3.05) is 5.73 Å². The first kappa shape index (κ1) is 17.1. The fourth-order valence-corrected chi connectivity index (χ4v) is 3.41. The normalized spacial score (nSPS) is 13.7. The fourth-order valence-electron chi connectivity index (χ4n) is 3.41. The summed E-state index contributed by atoms with van der Waals surface area (Å²) in [5, 5.41) is 9.51. The number of benzene rings is 2. The van der Waals surface area contributed by atoms with Crippen molar-refractivity contribution in [3.05, 3.63) is 72.4 Å². The molecule has 0 spiro atoms. The van der Waals surface area contributed by atoms with E-state index in [-0.39, 0.29) is 12.0 Å². The van der Waals surface area contributed by atoms with Gasteiger partial charge in [0, 0.05) is 23.1 Å². The summed E-state index contributed by atoms with van der Waals surface area (Å²) in [6.07, 6.45) is 4.73. The van der Waals surface area contributed by atoms with Crippen LogP contribution in [0.1, 0.15) is 24.4 Å². The second-order valence-corrected chi connectivity index (χ2v) is 6.54. The molecule has 0 fully saturated rings. The van der Waals surface area contributed by atoms with E-state index in [4.69, 9.17) is 5.73 Å². The molecule has 2 N–H and O–H groups in total. The summed E-state index contributed by atoms with van der Waals surface area (Å²) in [5.74, 6) is -1.54. The van der Waals surface area contributed by atoms with Crippen LogP contribution in [0.3, 0.4) is 0 Å². The van der Waals surface area contributed by atoms with E-state index in [1.54, 1.807) is 23.3 Å². The number of nitrogens with zero attached hydrogens (tertiary/aromatic N) is 5. The standard InChI is InChI=1S/C19H18F2N6/c1-12(27-19-5-3-15(22)6-13(19)8-24-27)17(9-26-11-23-10-25-26)16-4-2-14(20)7-18(16)21/h2-8,10-12,17H,9,22H2,1H3/t12-,17-/m1/s1. The number of halogens is 2. The smallest absolute Gasteiger partial charge is 0.137 e. The third-order valence-corrected chi connectivity index (χ3v) is 4.80. The number of aromatic nitrogens is 5. The summed E-state index contributed by atoms with van der Waals surface area (Å²) in [6, 6.07) is 8.96. The molecule has 0 bridgehead atoms. The van der Waals surface area contributed by atoms with E-state index >= 15 is 0 Å². The number of anilines is 1. The van der Waals surface area contributed by atoms with Gasteiger partial charge in [0.15, 0.2) is 0 Å². The summed E-state index contributed by atoms with van der Waals surface area (Å²) < 4.78 is 31.4. The first-order chi connectivity index (χ1) is 13.0. The van der Waals surface area contributed by atoms with Crippen molar-refractivity contribution in [3.63, 3.8) is 0 Å². The molecule has 0 aliphatic rings. The molecule has 6 nitrogen and oxygen atoms in total. The van der Waals surface area contributed by atoms with Gasteiger partial charge in [0.2, 0.25) is 0 Å². The van der Waals surface area contributed by atoms with Gasteiger partial charge >= 0.3 is 0 Å². The topological polar surface area (TPSA) is 74.5 Å². The lowest BCUT2D eigenvalue weighted by Gasteiger charge is -2.26. The van der Waals surface area contributed by atoms with E-state index in [0.29, 0.717) is 17.8 Å². The molecule has 0 radical (unpaired) electrons. The number of fused-ring (bicyclic) bond motifs is 1. The predicted molar refractivity (Wildman–Crippen MR) is 98.0 cm³/mol. The van der Waals surface area contributed by atoms with Crippen LogP contribution in [0.5, 0.6) is 0 Å². The van der Waals surface area contributed by atoms with Gasteiger partial charge < -0.3 is 5.73 Å². The molecule has 27 heavy (non-hydrogen) atoms. The number of hydrogen-bond acceptors (Lipinski definition) is 4. The maximum absolute atomic E-state index is 14.6. The van der Waals surface area contributed by atoms with Crippen molar-refractivity contribution >= 4 is 16.6 Å². The molecular formula is C19H18F2N6. The Bertz CT molecular complexity index is 1070. The second-order valence-electron chi connectivity index (χ2n) is 6.54. The maximum atomic E-state index is 14.6. The van der Waals surface area contributed by atoms with Gasteiger partial charge in [0.1, 0.15) is 24.3 Å². The summed E-state index contributed by atoms with van der Waals surface area (Å²) in [7, 11) is 0. The Morgan fingerprint density at radius 3 is 2.70 bits per heavy atom. The van der Waals surface area contributed by atoms with Crippen LogP contribution in [0.25, 0.3) is 10.9 Å². The Kier molecular flexibility index (Phi) is 4.31. The van der Waals surface area contributed by atoms with Crippen LogP contribution in [-0.4, -0.2) is 24.5 Å². The molecule has 4 rings (SSSR count). The molecule has 0 amide bonds. The number of nitrogens with two attached hydrogens (primary N) is 1. The molecular weight excluding hydrogens is 350 g/mol. The molecule has 8 heteroatoms. The Morgan fingerprint density at radius 1 is 1.11 bits per heavy atom. The lowest BCUT2D eigenvalue weighted by Crippen LogP contribution is -2.22. The van der Waals surface area contributed by atoms with E-state index in [9.17, 15) is 8.78 Å². The minimum atomic E-state index is -0.608. The molecule has 4 aromatic rings. The molecule has 2 heterocycles. The lowest BCUT2D eigenvalue weighted by atomic mass is 9.91. The summed E-state index contributed by atoms with van der Waals surface area (Å²) in [4.78, 5) is 3.95. The van der Waals surface area contributed by atoms with Crippen LogP contribution in [0, 0.1) is 11.6 Å². The quantitative estimate of drug-likeness (QED) is 0.547. The van der Waals surface area contributed by atoms with Gasteiger partial charge in [-0.3, -0.25) is 9.36 Å². The van der Waals surface area contributed by atoms with Crippen LogP contribution in [0.4, 0.5) is 14.5 Å². The minimum Gasteiger partial charge on any atom is -0.399 e. The number of nitrogen functional groups attached to an aromatic ring is 1. The second kappa shape index (κ2) is 6.79. The highest BCUT2D eigenvalue weighted by atomic mass is 19.1. The highest BCUT2D eigenvalue weighted by molar-refractivity contribution is 5.82. The number of rotatable bonds is 5. The molecule has 0 unspecified atom stereocenters. The zero-order valence-electron chi connectivity index (χ0n) is 14.6. The van der Waals surface area contributed by atoms with E-state index in [2.05, 4.69) is 15.2 Å². The Labute approximate surface area is 154 Å². The summed E-state index contributed by atoms with van der Waals surface area (Å²) in [5.41, 5.74) is 7.79. The van der Waals surface area contributed by atoms with Gasteiger partial charge in [-0.2, -0.15) is 10.2 Å². The van der Waals surface area contributed by atoms with Gasteiger partial charge in [-0.1, -0.05) is 6.07 Å². The Balaban J connectivity index is 1.79. The van der Waals surface area contributed by atoms with Crippen molar-refractivity contribution in [1.29, 1.82) is 0 Å². The van der Waals surface area contributed by atoms with Gasteiger partial charge in [0.25, 0.3) is 0 Å². The van der Waals surface area contributed by atoms with Crippen molar-refractivity contribution in [1.82, 2.24) is 24.5 Å². The van der Waals surface area contributed by atoms with Crippen molar-refractivity contribution in [2.45, 2.75) is 25.4 Å². The van der Waals surface area contributed by atoms with Gasteiger partial charge in [-0.15, -0.1) is 0 Å². The Morgan fingerprint density at radius 2 is 1.96 bits per heavy atom. The lowest BCUT2D eigenvalue weighted by molar-refractivity contribution is 0.357. The molecule has 0 saturated heterocycles. The molecule has 2 aromatic carbocycles. The predicted octanol–water partition coefficient (Wildman–Crippen LogP) is 3.53. The number of hydrogen-bond donors (Lipinski definition) is 1. The molecule has 0 aliphatic carbocycles. The van der Waals surface area contributed by atoms with E-state index in [0.717, 1.165) is 17.0 Å². The first-order valence-corrected chi connectivity index (χ1v) is 8.53.